The molecule has 2 N–H and O–H groups in total. The van der Waals surface area contributed by atoms with E-state index in [-0.39, 0.29) is 0 Å². The minimum Gasteiger partial charge on any atom is -0.330 e. The van der Waals surface area contributed by atoms with Crippen LogP contribution in [0.25, 0.3) is 0 Å². The third kappa shape index (κ3) is 2.96. The first kappa shape index (κ1) is 12.3. The van der Waals surface area contributed by atoms with Crippen LogP contribution in [0.15, 0.2) is 0 Å². The molecule has 2 rings (SSSR count). The lowest BCUT2D eigenvalue weighted by atomic mass is 9.93. The third-order valence-corrected chi connectivity index (χ3v) is 4.33. The zero-order chi connectivity index (χ0) is 11.4. The van der Waals surface area contributed by atoms with Crippen LogP contribution in [0.4, 0.5) is 0 Å². The predicted molar refractivity (Wildman–Crippen MR) is 68.5 cm³/mol. The van der Waals surface area contributed by atoms with Gasteiger partial charge in [0.1, 0.15) is 0 Å². The molecule has 2 fully saturated rings. The Morgan fingerprint density at radius 2 is 1.81 bits per heavy atom. The zero-order valence-corrected chi connectivity index (χ0v) is 10.7. The van der Waals surface area contributed by atoms with Gasteiger partial charge in [-0.2, -0.15) is 0 Å². The highest BCUT2D eigenvalue weighted by Crippen LogP contribution is 2.26. The fourth-order valence-corrected chi connectivity index (χ4v) is 3.33. The molecular formula is C13H27N3. The third-order valence-electron chi connectivity index (χ3n) is 4.33. The highest BCUT2D eigenvalue weighted by atomic mass is 15.2. The molecule has 2 saturated heterocycles. The highest BCUT2D eigenvalue weighted by Gasteiger charge is 2.29. The van der Waals surface area contributed by atoms with E-state index in [1.807, 2.05) is 0 Å². The molecule has 3 heteroatoms. The van der Waals surface area contributed by atoms with Crippen LogP contribution in [0.2, 0.25) is 0 Å². The molecule has 0 aliphatic carbocycles. The van der Waals surface area contributed by atoms with Gasteiger partial charge in [-0.3, -0.25) is 4.90 Å². The Kier molecular flexibility index (Phi) is 4.62. The summed E-state index contributed by atoms with van der Waals surface area (Å²) in [7, 11) is 2.24. The molecule has 2 aliphatic heterocycles. The Hall–Kier alpha value is -0.120. The Bertz CT molecular complexity index is 197. The van der Waals surface area contributed by atoms with Gasteiger partial charge < -0.3 is 10.6 Å². The summed E-state index contributed by atoms with van der Waals surface area (Å²) in [6, 6.07) is 1.63. The normalized spacial score (nSPS) is 30.8. The van der Waals surface area contributed by atoms with Crippen LogP contribution in [-0.4, -0.2) is 55.1 Å². The van der Waals surface area contributed by atoms with Crippen LogP contribution >= 0.6 is 0 Å². The molecule has 0 amide bonds. The first-order valence-electron chi connectivity index (χ1n) is 6.95. The molecule has 0 radical (unpaired) electrons. The molecule has 0 saturated carbocycles. The summed E-state index contributed by atoms with van der Waals surface area (Å²) < 4.78 is 0. The van der Waals surface area contributed by atoms with Gasteiger partial charge >= 0.3 is 0 Å². The summed E-state index contributed by atoms with van der Waals surface area (Å²) in [4.78, 5) is 5.24. The quantitative estimate of drug-likeness (QED) is 0.785. The van der Waals surface area contributed by atoms with Crippen LogP contribution in [0.1, 0.15) is 38.5 Å². The van der Waals surface area contributed by atoms with Gasteiger partial charge in [-0.1, -0.05) is 6.42 Å². The number of rotatable bonds is 3. The van der Waals surface area contributed by atoms with Gasteiger partial charge in [0.2, 0.25) is 0 Å². The van der Waals surface area contributed by atoms with Crippen LogP contribution in [0, 0.1) is 0 Å². The first-order chi connectivity index (χ1) is 7.81. The Labute approximate surface area is 100.0 Å². The summed E-state index contributed by atoms with van der Waals surface area (Å²) in [6.07, 6.45) is 8.10. The predicted octanol–water partition coefficient (Wildman–Crippen LogP) is 1.28. The molecule has 2 aliphatic rings. The van der Waals surface area contributed by atoms with E-state index in [9.17, 15) is 0 Å². The fraction of sp³-hybridized carbons (Fsp3) is 1.00. The standard InChI is InChI=1S/C13H27N3/c1-15-10-6-13(7-11-15)16-9-3-2-4-12(16)5-8-14/h12-13H,2-11,14H2,1H3. The van der Waals surface area contributed by atoms with Crippen molar-refractivity contribution in [3.63, 3.8) is 0 Å². The second-order valence-electron chi connectivity index (χ2n) is 5.50. The van der Waals surface area contributed by atoms with Gasteiger partial charge in [0, 0.05) is 12.1 Å². The largest absolute Gasteiger partial charge is 0.330 e. The molecular weight excluding hydrogens is 198 g/mol. The van der Waals surface area contributed by atoms with E-state index in [0.29, 0.717) is 0 Å². The summed E-state index contributed by atoms with van der Waals surface area (Å²) in [5.41, 5.74) is 5.74. The maximum Gasteiger partial charge on any atom is 0.0122 e. The van der Waals surface area contributed by atoms with Gasteiger partial charge in [-0.15, -0.1) is 0 Å². The highest BCUT2D eigenvalue weighted by molar-refractivity contribution is 4.86. The second kappa shape index (κ2) is 5.99. The van der Waals surface area contributed by atoms with Crippen molar-refractivity contribution in [1.29, 1.82) is 0 Å². The van der Waals surface area contributed by atoms with E-state index in [1.54, 1.807) is 0 Å². The number of hydrogen-bond acceptors (Lipinski definition) is 3. The van der Waals surface area contributed by atoms with Gasteiger partial charge in [-0.25, -0.2) is 0 Å². The van der Waals surface area contributed by atoms with Gasteiger partial charge in [0.15, 0.2) is 0 Å². The maximum absolute atomic E-state index is 5.74. The van der Waals surface area contributed by atoms with Crippen LogP contribution in [0.3, 0.4) is 0 Å². The van der Waals surface area contributed by atoms with Crippen LogP contribution < -0.4 is 5.73 Å². The molecule has 0 aromatic carbocycles. The summed E-state index contributed by atoms with van der Waals surface area (Å²) in [5, 5.41) is 0. The van der Waals surface area contributed by atoms with E-state index in [0.717, 1.165) is 18.6 Å². The minimum absolute atomic E-state index is 0.784. The van der Waals surface area contributed by atoms with E-state index in [1.165, 1.54) is 58.2 Å². The zero-order valence-electron chi connectivity index (χ0n) is 10.7. The SMILES string of the molecule is CN1CCC(N2CCCCC2CCN)CC1. The first-order valence-corrected chi connectivity index (χ1v) is 6.95. The minimum atomic E-state index is 0.784. The molecule has 1 atom stereocenters. The molecule has 2 heterocycles. The average Bonchev–Trinajstić information content (AvgIpc) is 2.32. The number of nitrogens with two attached hydrogens (primary N) is 1. The van der Waals surface area contributed by atoms with Crippen molar-refractivity contribution >= 4 is 0 Å². The Balaban J connectivity index is 1.89. The second-order valence-corrected chi connectivity index (χ2v) is 5.50. The maximum atomic E-state index is 5.74. The van der Waals surface area contributed by atoms with Crippen LogP contribution in [0.5, 0.6) is 0 Å². The average molecular weight is 225 g/mol. The molecule has 0 aromatic rings. The van der Waals surface area contributed by atoms with Gasteiger partial charge in [0.25, 0.3) is 0 Å². The van der Waals surface area contributed by atoms with Gasteiger partial charge in [0.05, 0.1) is 0 Å². The van der Waals surface area contributed by atoms with E-state index in [4.69, 9.17) is 5.73 Å². The molecule has 94 valence electrons. The molecule has 0 bridgehead atoms. The van der Waals surface area contributed by atoms with Crippen molar-refractivity contribution < 1.29 is 0 Å². The van der Waals surface area contributed by atoms with Crippen molar-refractivity contribution in [3.8, 4) is 0 Å². The lowest BCUT2D eigenvalue weighted by molar-refractivity contribution is 0.0533. The monoisotopic (exact) mass is 225 g/mol. The summed E-state index contributed by atoms with van der Waals surface area (Å²) in [5.74, 6) is 0. The molecule has 3 nitrogen and oxygen atoms in total. The van der Waals surface area contributed by atoms with E-state index >= 15 is 0 Å². The van der Waals surface area contributed by atoms with Crippen molar-refractivity contribution in [3.05, 3.63) is 0 Å². The van der Waals surface area contributed by atoms with Crippen LogP contribution in [-0.2, 0) is 0 Å². The summed E-state index contributed by atoms with van der Waals surface area (Å²) in [6.45, 7) is 4.72. The number of likely N-dealkylation sites (tertiary alicyclic amines) is 2. The van der Waals surface area contributed by atoms with Gasteiger partial charge in [-0.05, 0) is 65.3 Å². The Morgan fingerprint density at radius 1 is 1.06 bits per heavy atom. The van der Waals surface area contributed by atoms with Crippen molar-refractivity contribution in [1.82, 2.24) is 9.80 Å². The lowest BCUT2D eigenvalue weighted by Crippen LogP contribution is -2.50. The topological polar surface area (TPSA) is 32.5 Å². The molecule has 0 aromatic heterocycles. The van der Waals surface area contributed by atoms with E-state index < -0.39 is 0 Å². The molecule has 16 heavy (non-hydrogen) atoms. The smallest absolute Gasteiger partial charge is 0.0122 e. The Morgan fingerprint density at radius 3 is 2.50 bits per heavy atom. The van der Waals surface area contributed by atoms with E-state index in [2.05, 4.69) is 16.8 Å². The molecule has 0 spiro atoms. The number of piperidine rings is 2. The van der Waals surface area contributed by atoms with Crippen molar-refractivity contribution in [2.75, 3.05) is 33.2 Å². The summed E-state index contributed by atoms with van der Waals surface area (Å²) >= 11 is 0. The van der Waals surface area contributed by atoms with Crippen molar-refractivity contribution in [2.45, 2.75) is 50.6 Å². The van der Waals surface area contributed by atoms with Crippen molar-refractivity contribution in [2.24, 2.45) is 5.73 Å². The lowest BCUT2D eigenvalue weighted by Gasteiger charge is -2.44. The fourth-order valence-electron chi connectivity index (χ4n) is 3.33. The number of hydrogen-bond donors (Lipinski definition) is 1. The number of nitrogens with zero attached hydrogens (tertiary/aromatic N) is 2. The molecule has 1 unspecified atom stereocenters.